The summed E-state index contributed by atoms with van der Waals surface area (Å²) in [5.74, 6) is 1.17. The van der Waals surface area contributed by atoms with Crippen molar-refractivity contribution in [3.8, 4) is 0 Å². The lowest BCUT2D eigenvalue weighted by Gasteiger charge is -2.33. The molecule has 3 aromatic rings. The van der Waals surface area contributed by atoms with E-state index in [0.29, 0.717) is 30.4 Å². The fourth-order valence-corrected chi connectivity index (χ4v) is 4.98. The van der Waals surface area contributed by atoms with Crippen LogP contribution in [0.2, 0.25) is 5.02 Å². The second kappa shape index (κ2) is 12.9. The molecule has 1 aliphatic heterocycles. The highest BCUT2D eigenvalue weighted by Crippen LogP contribution is 2.30. The number of nitrogens with two attached hydrogens (primary N) is 1. The molecule has 9 nitrogen and oxygen atoms in total. The largest absolute Gasteiger partial charge is 0.385 e. The van der Waals surface area contributed by atoms with Gasteiger partial charge in [0.2, 0.25) is 5.91 Å². The number of fused-ring (bicyclic) bond motifs is 1. The summed E-state index contributed by atoms with van der Waals surface area (Å²) >= 11 is 6.08. The van der Waals surface area contributed by atoms with E-state index in [9.17, 15) is 9.59 Å². The second-order valence-electron chi connectivity index (χ2n) is 9.41. The molecule has 0 radical (unpaired) electrons. The lowest BCUT2D eigenvalue weighted by atomic mass is 9.96. The highest BCUT2D eigenvalue weighted by molar-refractivity contribution is 6.33. The van der Waals surface area contributed by atoms with E-state index in [-0.39, 0.29) is 24.8 Å². The third kappa shape index (κ3) is 7.00. The Morgan fingerprint density at radius 3 is 2.81 bits per heavy atom. The third-order valence-corrected chi connectivity index (χ3v) is 6.97. The smallest absolute Gasteiger partial charge is 0.319 e. The number of urea groups is 1. The van der Waals surface area contributed by atoms with Gasteiger partial charge in [0.1, 0.15) is 5.82 Å². The first-order chi connectivity index (χ1) is 18.0. The molecule has 1 fully saturated rings. The topological polar surface area (TPSA) is 115 Å². The molecule has 4 rings (SSSR count). The SMILES string of the molecule is COCCCn1c([C@@H]2CCCN(C(=O)C[C@H](N)CNC(=O)Nc3ccccc3Cl)C2)nc2ccccc21. The Labute approximate surface area is 222 Å². The first kappa shape index (κ1) is 26.9. The van der Waals surface area contributed by atoms with Gasteiger partial charge in [0.25, 0.3) is 0 Å². The maximum atomic E-state index is 13.1. The van der Waals surface area contributed by atoms with Gasteiger partial charge in [-0.3, -0.25) is 4.79 Å². The molecule has 4 N–H and O–H groups in total. The monoisotopic (exact) mass is 526 g/mol. The van der Waals surface area contributed by atoms with Gasteiger partial charge in [-0.05, 0) is 43.5 Å². The lowest BCUT2D eigenvalue weighted by molar-refractivity contribution is -0.132. The number of imidazole rings is 1. The van der Waals surface area contributed by atoms with Crippen LogP contribution in [-0.2, 0) is 16.1 Å². The summed E-state index contributed by atoms with van der Waals surface area (Å²) in [6.45, 7) is 2.99. The number of halogens is 1. The summed E-state index contributed by atoms with van der Waals surface area (Å²) in [5, 5.41) is 5.86. The number of piperidine rings is 1. The summed E-state index contributed by atoms with van der Waals surface area (Å²) in [6.07, 6.45) is 2.94. The first-order valence-electron chi connectivity index (χ1n) is 12.7. The predicted molar refractivity (Wildman–Crippen MR) is 146 cm³/mol. The Kier molecular flexibility index (Phi) is 9.38. The van der Waals surface area contributed by atoms with Crippen LogP contribution < -0.4 is 16.4 Å². The number of likely N-dealkylation sites (tertiary alicyclic amines) is 1. The summed E-state index contributed by atoms with van der Waals surface area (Å²) in [7, 11) is 1.71. The van der Waals surface area contributed by atoms with Gasteiger partial charge >= 0.3 is 6.03 Å². The maximum absolute atomic E-state index is 13.1. The van der Waals surface area contributed by atoms with Gasteiger partial charge in [-0.25, -0.2) is 9.78 Å². The Balaban J connectivity index is 1.33. The molecule has 2 heterocycles. The van der Waals surface area contributed by atoms with Crippen LogP contribution in [0.15, 0.2) is 48.5 Å². The van der Waals surface area contributed by atoms with E-state index in [1.165, 1.54) is 0 Å². The molecule has 2 aromatic carbocycles. The van der Waals surface area contributed by atoms with E-state index < -0.39 is 12.1 Å². The van der Waals surface area contributed by atoms with Crippen LogP contribution in [0.1, 0.15) is 37.4 Å². The minimum Gasteiger partial charge on any atom is -0.385 e. The number of nitrogens with zero attached hydrogens (tertiary/aromatic N) is 3. The highest BCUT2D eigenvalue weighted by atomic mass is 35.5. The number of carbonyl (C=O) groups is 2. The predicted octanol–water partition coefficient (Wildman–Crippen LogP) is 3.97. The van der Waals surface area contributed by atoms with Crippen molar-refractivity contribution >= 4 is 40.3 Å². The molecule has 10 heteroatoms. The summed E-state index contributed by atoms with van der Waals surface area (Å²) < 4.78 is 7.54. The maximum Gasteiger partial charge on any atom is 0.319 e. The van der Waals surface area contributed by atoms with E-state index in [4.69, 9.17) is 27.1 Å². The Morgan fingerprint density at radius 2 is 2.00 bits per heavy atom. The van der Waals surface area contributed by atoms with Crippen molar-refractivity contribution in [3.63, 3.8) is 0 Å². The van der Waals surface area contributed by atoms with Crippen molar-refractivity contribution < 1.29 is 14.3 Å². The number of aryl methyl sites for hydroxylation is 1. The molecule has 3 amide bonds. The van der Waals surface area contributed by atoms with Gasteiger partial charge in [-0.1, -0.05) is 35.9 Å². The van der Waals surface area contributed by atoms with Crippen LogP contribution in [0.25, 0.3) is 11.0 Å². The van der Waals surface area contributed by atoms with E-state index in [1.54, 1.807) is 31.4 Å². The van der Waals surface area contributed by atoms with Crippen LogP contribution >= 0.6 is 11.6 Å². The molecular weight excluding hydrogens is 492 g/mol. The van der Waals surface area contributed by atoms with E-state index in [1.807, 2.05) is 23.1 Å². The van der Waals surface area contributed by atoms with Crippen LogP contribution in [-0.4, -0.2) is 65.8 Å². The van der Waals surface area contributed by atoms with Crippen LogP contribution in [0.5, 0.6) is 0 Å². The number of carbonyl (C=O) groups excluding carboxylic acids is 2. The van der Waals surface area contributed by atoms with Crippen LogP contribution in [0, 0.1) is 0 Å². The van der Waals surface area contributed by atoms with Crippen LogP contribution in [0.3, 0.4) is 0 Å². The fraction of sp³-hybridized carbons (Fsp3) is 0.444. The number of para-hydroxylation sites is 3. The number of hydrogen-bond acceptors (Lipinski definition) is 5. The number of rotatable bonds is 10. The molecule has 37 heavy (non-hydrogen) atoms. The van der Waals surface area contributed by atoms with Crippen molar-refractivity contribution in [1.29, 1.82) is 0 Å². The van der Waals surface area contributed by atoms with E-state index in [2.05, 4.69) is 21.3 Å². The lowest BCUT2D eigenvalue weighted by Crippen LogP contribution is -2.45. The van der Waals surface area contributed by atoms with E-state index >= 15 is 0 Å². The van der Waals surface area contributed by atoms with Gasteiger partial charge in [0.15, 0.2) is 0 Å². The number of ether oxygens (including phenoxy) is 1. The molecule has 0 saturated carbocycles. The third-order valence-electron chi connectivity index (χ3n) is 6.64. The van der Waals surface area contributed by atoms with Gasteiger partial charge in [-0.15, -0.1) is 0 Å². The number of hydrogen-bond donors (Lipinski definition) is 3. The molecule has 0 spiro atoms. The molecular formula is C27H35ClN6O3. The van der Waals surface area contributed by atoms with Crippen molar-refractivity contribution in [3.05, 3.63) is 59.4 Å². The average molecular weight is 527 g/mol. The molecule has 2 atom stereocenters. The first-order valence-corrected chi connectivity index (χ1v) is 13.1. The van der Waals surface area contributed by atoms with Gasteiger partial charge in [-0.2, -0.15) is 0 Å². The van der Waals surface area contributed by atoms with Crippen molar-refractivity contribution in [2.45, 2.75) is 44.2 Å². The number of aromatic nitrogens is 2. The molecule has 1 saturated heterocycles. The highest BCUT2D eigenvalue weighted by Gasteiger charge is 2.29. The van der Waals surface area contributed by atoms with Gasteiger partial charge < -0.3 is 30.6 Å². The number of nitrogens with one attached hydrogen (secondary N) is 2. The standard InChI is InChI=1S/C27H35ClN6O3/c1-37-15-7-14-34-24-12-5-4-11-23(24)31-26(34)19-8-6-13-33(18-19)25(35)16-20(29)17-30-27(36)32-22-10-3-2-9-21(22)28/h2-5,9-12,19-20H,6-8,13-18,29H2,1H3,(H2,30,32,36)/t19-,20+/m1/s1. The summed E-state index contributed by atoms with van der Waals surface area (Å²) in [6, 6.07) is 14.2. The van der Waals surface area contributed by atoms with Crippen molar-refractivity contribution in [1.82, 2.24) is 19.8 Å². The number of methoxy groups -OCH3 is 1. The number of benzene rings is 2. The van der Waals surface area contributed by atoms with Gasteiger partial charge in [0.05, 0.1) is 21.7 Å². The average Bonchev–Trinajstić information content (AvgIpc) is 3.28. The summed E-state index contributed by atoms with van der Waals surface area (Å²) in [4.78, 5) is 32.1. The zero-order valence-electron chi connectivity index (χ0n) is 21.2. The Morgan fingerprint density at radius 1 is 1.22 bits per heavy atom. The minimum absolute atomic E-state index is 0.00689. The van der Waals surface area contributed by atoms with Crippen molar-refractivity contribution in [2.24, 2.45) is 5.73 Å². The molecule has 0 bridgehead atoms. The molecule has 0 unspecified atom stereocenters. The Bertz CT molecular complexity index is 1220. The number of anilines is 1. The van der Waals surface area contributed by atoms with Crippen molar-refractivity contribution in [2.75, 3.05) is 38.7 Å². The quantitative estimate of drug-likeness (QED) is 0.346. The zero-order valence-corrected chi connectivity index (χ0v) is 21.9. The molecule has 1 aromatic heterocycles. The van der Waals surface area contributed by atoms with E-state index in [0.717, 1.165) is 42.7 Å². The summed E-state index contributed by atoms with van der Waals surface area (Å²) in [5.41, 5.74) is 8.80. The zero-order chi connectivity index (χ0) is 26.2. The molecule has 1 aliphatic rings. The molecule has 198 valence electrons. The normalized spacial score (nSPS) is 16.5. The minimum atomic E-state index is -0.497. The van der Waals surface area contributed by atoms with Crippen LogP contribution in [0.4, 0.5) is 10.5 Å². The fourth-order valence-electron chi connectivity index (χ4n) is 4.80. The second-order valence-corrected chi connectivity index (χ2v) is 9.82. The number of amides is 3. The van der Waals surface area contributed by atoms with Gasteiger partial charge in [0, 0.05) is 58.3 Å². The Hall–Kier alpha value is -3.14. The molecule has 0 aliphatic carbocycles.